The number of hydrogen-bond donors (Lipinski definition) is 2. The number of thiophene rings is 1. The highest BCUT2D eigenvalue weighted by Gasteiger charge is 2.07. The predicted octanol–water partition coefficient (Wildman–Crippen LogP) is 3.15. The summed E-state index contributed by atoms with van der Waals surface area (Å²) in [5.74, 6) is 0.424. The van der Waals surface area contributed by atoms with Crippen molar-refractivity contribution in [3.63, 3.8) is 0 Å². The zero-order valence-electron chi connectivity index (χ0n) is 11.4. The first-order valence-corrected chi connectivity index (χ1v) is 7.63. The number of carbonyl (C=O) groups is 1. The SMILES string of the molecule is CCCCC(CC)CNCc1cc(C(N)=O)cs1. The second-order valence-corrected chi connectivity index (χ2v) is 5.71. The molecule has 0 aliphatic carbocycles. The number of rotatable bonds is 9. The molecule has 0 aliphatic rings. The normalized spacial score (nSPS) is 12.6. The molecule has 0 aromatic carbocycles. The van der Waals surface area contributed by atoms with Crippen LogP contribution >= 0.6 is 11.3 Å². The van der Waals surface area contributed by atoms with E-state index in [0.29, 0.717) is 5.56 Å². The molecule has 18 heavy (non-hydrogen) atoms. The Hall–Kier alpha value is -0.870. The summed E-state index contributed by atoms with van der Waals surface area (Å²) in [5.41, 5.74) is 5.85. The Morgan fingerprint density at radius 3 is 2.83 bits per heavy atom. The van der Waals surface area contributed by atoms with E-state index >= 15 is 0 Å². The Labute approximate surface area is 114 Å². The van der Waals surface area contributed by atoms with E-state index in [9.17, 15) is 4.79 Å². The van der Waals surface area contributed by atoms with Gasteiger partial charge in [-0.1, -0.05) is 33.1 Å². The van der Waals surface area contributed by atoms with Crippen LogP contribution in [-0.2, 0) is 6.54 Å². The monoisotopic (exact) mass is 268 g/mol. The van der Waals surface area contributed by atoms with Crippen molar-refractivity contribution in [3.8, 4) is 0 Å². The number of primary amides is 1. The summed E-state index contributed by atoms with van der Waals surface area (Å²) in [4.78, 5) is 12.1. The minimum atomic E-state index is -0.341. The first kappa shape index (κ1) is 15.2. The number of unbranched alkanes of at least 4 members (excludes halogenated alkanes) is 1. The summed E-state index contributed by atoms with van der Waals surface area (Å²) in [7, 11) is 0. The molecule has 1 aromatic rings. The van der Waals surface area contributed by atoms with Crippen molar-refractivity contribution in [1.29, 1.82) is 0 Å². The number of hydrogen-bond acceptors (Lipinski definition) is 3. The molecule has 3 N–H and O–H groups in total. The van der Waals surface area contributed by atoms with E-state index in [1.165, 1.54) is 30.6 Å². The van der Waals surface area contributed by atoms with Crippen molar-refractivity contribution in [2.75, 3.05) is 6.54 Å². The van der Waals surface area contributed by atoms with Crippen LogP contribution in [0.3, 0.4) is 0 Å². The predicted molar refractivity (Wildman–Crippen MR) is 77.8 cm³/mol. The highest BCUT2D eigenvalue weighted by Crippen LogP contribution is 2.15. The molecule has 0 fully saturated rings. The molecule has 1 unspecified atom stereocenters. The molecule has 1 rings (SSSR count). The Kier molecular flexibility index (Phi) is 6.98. The second kappa shape index (κ2) is 8.27. The van der Waals surface area contributed by atoms with Crippen LogP contribution in [-0.4, -0.2) is 12.5 Å². The van der Waals surface area contributed by atoms with Crippen molar-refractivity contribution in [2.24, 2.45) is 11.7 Å². The summed E-state index contributed by atoms with van der Waals surface area (Å²) >= 11 is 1.59. The van der Waals surface area contributed by atoms with Crippen molar-refractivity contribution < 1.29 is 4.79 Å². The van der Waals surface area contributed by atoms with Crippen molar-refractivity contribution >= 4 is 17.2 Å². The first-order chi connectivity index (χ1) is 8.67. The number of carbonyl (C=O) groups excluding carboxylic acids is 1. The molecule has 0 spiro atoms. The highest BCUT2D eigenvalue weighted by atomic mass is 32.1. The fourth-order valence-electron chi connectivity index (χ4n) is 1.95. The topological polar surface area (TPSA) is 55.1 Å². The average Bonchev–Trinajstić information content (AvgIpc) is 2.82. The van der Waals surface area contributed by atoms with Gasteiger partial charge in [-0.2, -0.15) is 0 Å². The third-order valence-corrected chi connectivity index (χ3v) is 4.15. The van der Waals surface area contributed by atoms with Gasteiger partial charge in [-0.3, -0.25) is 4.79 Å². The maximum atomic E-state index is 11.0. The molecule has 0 radical (unpaired) electrons. The molecule has 0 aliphatic heterocycles. The van der Waals surface area contributed by atoms with Crippen LogP contribution in [0.15, 0.2) is 11.4 Å². The summed E-state index contributed by atoms with van der Waals surface area (Å²) < 4.78 is 0. The van der Waals surface area contributed by atoms with Gasteiger partial charge in [0.1, 0.15) is 0 Å². The van der Waals surface area contributed by atoms with E-state index in [-0.39, 0.29) is 5.91 Å². The van der Waals surface area contributed by atoms with E-state index in [4.69, 9.17) is 5.73 Å². The molecule has 3 nitrogen and oxygen atoms in total. The quantitative estimate of drug-likeness (QED) is 0.723. The van der Waals surface area contributed by atoms with Gasteiger partial charge in [0.2, 0.25) is 5.91 Å². The van der Waals surface area contributed by atoms with Crippen LogP contribution in [0.25, 0.3) is 0 Å². The van der Waals surface area contributed by atoms with E-state index < -0.39 is 0 Å². The third-order valence-electron chi connectivity index (χ3n) is 3.21. The molecule has 1 aromatic heterocycles. The number of nitrogens with one attached hydrogen (secondary N) is 1. The van der Waals surface area contributed by atoms with Gasteiger partial charge < -0.3 is 11.1 Å². The lowest BCUT2D eigenvalue weighted by molar-refractivity contribution is 0.100. The van der Waals surface area contributed by atoms with Crippen LogP contribution in [0.2, 0.25) is 0 Å². The van der Waals surface area contributed by atoms with Gasteiger partial charge in [-0.25, -0.2) is 0 Å². The lowest BCUT2D eigenvalue weighted by Crippen LogP contribution is -2.21. The Morgan fingerprint density at radius 1 is 1.50 bits per heavy atom. The fraction of sp³-hybridized carbons (Fsp3) is 0.643. The zero-order chi connectivity index (χ0) is 13.4. The van der Waals surface area contributed by atoms with Gasteiger partial charge in [0.25, 0.3) is 0 Å². The number of amides is 1. The largest absolute Gasteiger partial charge is 0.366 e. The Morgan fingerprint density at radius 2 is 2.28 bits per heavy atom. The third kappa shape index (κ3) is 5.19. The van der Waals surface area contributed by atoms with E-state index in [1.807, 2.05) is 11.4 Å². The molecule has 1 amide bonds. The second-order valence-electron chi connectivity index (χ2n) is 4.71. The lowest BCUT2D eigenvalue weighted by Gasteiger charge is -2.14. The molecule has 102 valence electrons. The maximum Gasteiger partial charge on any atom is 0.249 e. The Bertz CT molecular complexity index is 362. The van der Waals surface area contributed by atoms with Gasteiger partial charge in [-0.05, 0) is 24.9 Å². The maximum absolute atomic E-state index is 11.0. The van der Waals surface area contributed by atoms with Gasteiger partial charge in [0.05, 0.1) is 5.56 Å². The first-order valence-electron chi connectivity index (χ1n) is 6.75. The van der Waals surface area contributed by atoms with Gasteiger partial charge in [0.15, 0.2) is 0 Å². The zero-order valence-corrected chi connectivity index (χ0v) is 12.2. The molecular weight excluding hydrogens is 244 g/mol. The summed E-state index contributed by atoms with van der Waals surface area (Å²) in [6.45, 7) is 6.37. The molecule has 0 saturated heterocycles. The van der Waals surface area contributed by atoms with Crippen molar-refractivity contribution in [1.82, 2.24) is 5.32 Å². The van der Waals surface area contributed by atoms with Crippen LogP contribution in [0.5, 0.6) is 0 Å². The van der Waals surface area contributed by atoms with Gasteiger partial charge in [-0.15, -0.1) is 11.3 Å². The van der Waals surface area contributed by atoms with Crippen molar-refractivity contribution in [3.05, 3.63) is 21.9 Å². The van der Waals surface area contributed by atoms with Crippen molar-refractivity contribution in [2.45, 2.75) is 46.1 Å². The molecule has 0 saturated carbocycles. The number of nitrogens with two attached hydrogens (primary N) is 1. The minimum absolute atomic E-state index is 0.341. The molecule has 4 heteroatoms. The summed E-state index contributed by atoms with van der Waals surface area (Å²) in [6.07, 6.45) is 5.11. The fourth-order valence-corrected chi connectivity index (χ4v) is 2.79. The Balaban J connectivity index is 2.28. The molecular formula is C14H24N2OS. The van der Waals surface area contributed by atoms with E-state index in [1.54, 1.807) is 11.3 Å². The lowest BCUT2D eigenvalue weighted by atomic mass is 9.99. The van der Waals surface area contributed by atoms with Crippen LogP contribution in [0.1, 0.15) is 54.8 Å². The van der Waals surface area contributed by atoms with Gasteiger partial charge >= 0.3 is 0 Å². The minimum Gasteiger partial charge on any atom is -0.366 e. The van der Waals surface area contributed by atoms with Crippen LogP contribution in [0.4, 0.5) is 0 Å². The highest BCUT2D eigenvalue weighted by molar-refractivity contribution is 7.10. The van der Waals surface area contributed by atoms with Crippen LogP contribution < -0.4 is 11.1 Å². The molecule has 1 atom stereocenters. The molecule has 1 heterocycles. The van der Waals surface area contributed by atoms with Gasteiger partial charge in [0, 0.05) is 16.8 Å². The average molecular weight is 268 g/mol. The smallest absolute Gasteiger partial charge is 0.249 e. The van der Waals surface area contributed by atoms with E-state index in [2.05, 4.69) is 19.2 Å². The summed E-state index contributed by atoms with van der Waals surface area (Å²) in [6, 6.07) is 1.88. The van der Waals surface area contributed by atoms with E-state index in [0.717, 1.165) is 19.0 Å². The standard InChI is InChI=1S/C14H24N2OS/c1-3-5-6-11(4-2)8-16-9-13-7-12(10-18-13)14(15)17/h7,10-11,16H,3-6,8-9H2,1-2H3,(H2,15,17). The molecule has 0 bridgehead atoms. The van der Waals surface area contributed by atoms with Crippen LogP contribution in [0, 0.1) is 5.92 Å². The summed E-state index contributed by atoms with van der Waals surface area (Å²) in [5, 5.41) is 5.30.